The van der Waals surface area contributed by atoms with Crippen molar-refractivity contribution in [3.05, 3.63) is 24.0 Å². The van der Waals surface area contributed by atoms with E-state index in [9.17, 15) is 4.79 Å². The van der Waals surface area contributed by atoms with Crippen LogP contribution in [0.5, 0.6) is 0 Å². The highest BCUT2D eigenvalue weighted by atomic mass is 16.2. The summed E-state index contributed by atoms with van der Waals surface area (Å²) in [4.78, 5) is 19.5. The first-order valence-electron chi connectivity index (χ1n) is 5.06. The van der Waals surface area contributed by atoms with Crippen LogP contribution in [0.25, 0.3) is 0 Å². The van der Waals surface area contributed by atoms with Crippen molar-refractivity contribution < 1.29 is 4.79 Å². The molecule has 0 aromatic carbocycles. The van der Waals surface area contributed by atoms with Gasteiger partial charge in [-0.3, -0.25) is 9.88 Å². The molecule has 0 saturated carbocycles. The number of pyridine rings is 1. The number of aryl methyl sites for hydroxylation is 1. The van der Waals surface area contributed by atoms with E-state index in [1.54, 1.807) is 17.3 Å². The molecule has 1 aromatic rings. The monoisotopic (exact) mass is 205 g/mol. The van der Waals surface area contributed by atoms with Gasteiger partial charge in [0.2, 0.25) is 0 Å². The molecule has 1 fully saturated rings. The molecule has 0 radical (unpaired) electrons. The highest BCUT2D eigenvalue weighted by molar-refractivity contribution is 5.95. The zero-order valence-corrected chi connectivity index (χ0v) is 9.27. The standard InChI is InChI=1S/C11H15N3O/c1-8-4-5-12-6-10(8)14-9(2)7-13(3)11(14)15/h4-6,9H,7H2,1-3H3. The van der Waals surface area contributed by atoms with Crippen LogP contribution in [0.3, 0.4) is 0 Å². The lowest BCUT2D eigenvalue weighted by atomic mass is 10.2. The largest absolute Gasteiger partial charge is 0.325 e. The maximum atomic E-state index is 11.9. The van der Waals surface area contributed by atoms with E-state index in [4.69, 9.17) is 0 Å². The first-order valence-corrected chi connectivity index (χ1v) is 5.06. The van der Waals surface area contributed by atoms with Gasteiger partial charge in [-0.05, 0) is 25.5 Å². The number of carbonyl (C=O) groups excluding carboxylic acids is 1. The summed E-state index contributed by atoms with van der Waals surface area (Å²) >= 11 is 0. The van der Waals surface area contributed by atoms with Gasteiger partial charge in [0.05, 0.1) is 17.9 Å². The molecule has 1 aliphatic heterocycles. The maximum absolute atomic E-state index is 11.9. The Labute approximate surface area is 89.5 Å². The summed E-state index contributed by atoms with van der Waals surface area (Å²) in [6.45, 7) is 4.82. The van der Waals surface area contributed by atoms with E-state index >= 15 is 0 Å². The number of likely N-dealkylation sites (N-methyl/N-ethyl adjacent to an activating group) is 1. The van der Waals surface area contributed by atoms with E-state index in [0.29, 0.717) is 0 Å². The van der Waals surface area contributed by atoms with Crippen molar-refractivity contribution >= 4 is 11.7 Å². The number of nitrogens with zero attached hydrogens (tertiary/aromatic N) is 3. The second kappa shape index (κ2) is 3.53. The molecule has 1 saturated heterocycles. The first kappa shape index (κ1) is 9.96. The highest BCUT2D eigenvalue weighted by Gasteiger charge is 2.33. The Balaban J connectivity index is 2.39. The molecule has 2 amide bonds. The van der Waals surface area contributed by atoms with Crippen molar-refractivity contribution in [3.63, 3.8) is 0 Å². The van der Waals surface area contributed by atoms with Crippen LogP contribution in [-0.2, 0) is 0 Å². The van der Waals surface area contributed by atoms with E-state index in [1.165, 1.54) is 0 Å². The molecule has 0 N–H and O–H groups in total. The van der Waals surface area contributed by atoms with E-state index in [1.807, 2.05) is 31.9 Å². The summed E-state index contributed by atoms with van der Waals surface area (Å²) < 4.78 is 0. The van der Waals surface area contributed by atoms with Crippen molar-refractivity contribution in [2.45, 2.75) is 19.9 Å². The number of aromatic nitrogens is 1. The molecule has 1 unspecified atom stereocenters. The van der Waals surface area contributed by atoms with Crippen LogP contribution in [-0.4, -0.2) is 35.5 Å². The molecular weight excluding hydrogens is 190 g/mol. The third-order valence-corrected chi connectivity index (χ3v) is 2.78. The molecule has 4 heteroatoms. The normalized spacial score (nSPS) is 21.3. The minimum Gasteiger partial charge on any atom is -0.325 e. The molecule has 80 valence electrons. The van der Waals surface area contributed by atoms with Gasteiger partial charge in [-0.25, -0.2) is 4.79 Å². The fourth-order valence-electron chi connectivity index (χ4n) is 1.98. The van der Waals surface area contributed by atoms with Crippen LogP contribution in [0, 0.1) is 6.92 Å². The molecule has 0 spiro atoms. The topological polar surface area (TPSA) is 36.4 Å². The highest BCUT2D eigenvalue weighted by Crippen LogP contribution is 2.25. The zero-order chi connectivity index (χ0) is 11.0. The number of anilines is 1. The van der Waals surface area contributed by atoms with E-state index in [0.717, 1.165) is 17.8 Å². The average Bonchev–Trinajstić information content (AvgIpc) is 2.43. The first-order chi connectivity index (χ1) is 7.11. The third-order valence-electron chi connectivity index (χ3n) is 2.78. The lowest BCUT2D eigenvalue weighted by Crippen LogP contribution is -2.33. The smallest absolute Gasteiger partial charge is 0.324 e. The molecule has 1 aromatic heterocycles. The Kier molecular flexibility index (Phi) is 2.34. The van der Waals surface area contributed by atoms with E-state index in [-0.39, 0.29) is 12.1 Å². The van der Waals surface area contributed by atoms with Crippen molar-refractivity contribution in [1.82, 2.24) is 9.88 Å². The Morgan fingerprint density at radius 1 is 1.53 bits per heavy atom. The Morgan fingerprint density at radius 2 is 2.27 bits per heavy atom. The molecule has 1 aliphatic rings. The van der Waals surface area contributed by atoms with E-state index in [2.05, 4.69) is 4.98 Å². The molecule has 0 bridgehead atoms. The molecule has 15 heavy (non-hydrogen) atoms. The van der Waals surface area contributed by atoms with Crippen molar-refractivity contribution in [2.24, 2.45) is 0 Å². The Hall–Kier alpha value is -1.58. The molecular formula is C11H15N3O. The predicted molar refractivity (Wildman–Crippen MR) is 58.9 cm³/mol. The van der Waals surface area contributed by atoms with Gasteiger partial charge in [0.1, 0.15) is 0 Å². The van der Waals surface area contributed by atoms with Crippen LogP contribution >= 0.6 is 0 Å². The summed E-state index contributed by atoms with van der Waals surface area (Å²) in [5.74, 6) is 0. The van der Waals surface area contributed by atoms with Crippen LogP contribution in [0.1, 0.15) is 12.5 Å². The molecule has 2 heterocycles. The zero-order valence-electron chi connectivity index (χ0n) is 9.27. The lowest BCUT2D eigenvalue weighted by molar-refractivity contribution is 0.229. The fraction of sp³-hybridized carbons (Fsp3) is 0.455. The summed E-state index contributed by atoms with van der Waals surface area (Å²) in [6.07, 6.45) is 3.50. The van der Waals surface area contributed by atoms with Crippen molar-refractivity contribution in [2.75, 3.05) is 18.5 Å². The molecule has 4 nitrogen and oxygen atoms in total. The molecule has 2 rings (SSSR count). The number of hydrogen-bond donors (Lipinski definition) is 0. The third kappa shape index (κ3) is 1.56. The van der Waals surface area contributed by atoms with Gasteiger partial charge in [-0.2, -0.15) is 0 Å². The van der Waals surface area contributed by atoms with Gasteiger partial charge >= 0.3 is 6.03 Å². The van der Waals surface area contributed by atoms with Gasteiger partial charge in [-0.1, -0.05) is 0 Å². The molecule has 1 atom stereocenters. The fourth-order valence-corrected chi connectivity index (χ4v) is 1.98. The van der Waals surface area contributed by atoms with Gasteiger partial charge in [0.25, 0.3) is 0 Å². The van der Waals surface area contributed by atoms with Crippen LogP contribution in [0.4, 0.5) is 10.5 Å². The van der Waals surface area contributed by atoms with Gasteiger partial charge < -0.3 is 4.90 Å². The number of rotatable bonds is 1. The minimum absolute atomic E-state index is 0.0543. The average molecular weight is 205 g/mol. The Morgan fingerprint density at radius 3 is 2.80 bits per heavy atom. The van der Waals surface area contributed by atoms with Crippen molar-refractivity contribution in [3.8, 4) is 0 Å². The minimum atomic E-state index is 0.0543. The number of urea groups is 1. The van der Waals surface area contributed by atoms with Gasteiger partial charge in [0.15, 0.2) is 0 Å². The maximum Gasteiger partial charge on any atom is 0.324 e. The second-order valence-corrected chi connectivity index (χ2v) is 4.04. The molecule has 0 aliphatic carbocycles. The van der Waals surface area contributed by atoms with Gasteiger partial charge in [0, 0.05) is 19.8 Å². The second-order valence-electron chi connectivity index (χ2n) is 4.04. The summed E-state index contributed by atoms with van der Waals surface area (Å²) in [7, 11) is 1.82. The Bertz CT molecular complexity index is 391. The summed E-state index contributed by atoms with van der Waals surface area (Å²) in [5.41, 5.74) is 2.00. The van der Waals surface area contributed by atoms with E-state index < -0.39 is 0 Å². The van der Waals surface area contributed by atoms with Crippen LogP contribution in [0.2, 0.25) is 0 Å². The quantitative estimate of drug-likeness (QED) is 0.699. The summed E-state index contributed by atoms with van der Waals surface area (Å²) in [5, 5.41) is 0. The number of carbonyl (C=O) groups is 1. The SMILES string of the molecule is Cc1ccncc1N1C(=O)N(C)CC1C. The number of hydrogen-bond acceptors (Lipinski definition) is 2. The van der Waals surface area contributed by atoms with Crippen molar-refractivity contribution in [1.29, 1.82) is 0 Å². The van der Waals surface area contributed by atoms with Crippen LogP contribution in [0.15, 0.2) is 18.5 Å². The van der Waals surface area contributed by atoms with Gasteiger partial charge in [-0.15, -0.1) is 0 Å². The number of amides is 2. The predicted octanol–water partition coefficient (Wildman–Crippen LogP) is 1.65. The van der Waals surface area contributed by atoms with Crippen LogP contribution < -0.4 is 4.90 Å². The lowest BCUT2D eigenvalue weighted by Gasteiger charge is -2.21. The summed E-state index contributed by atoms with van der Waals surface area (Å²) in [6, 6.07) is 2.19.